The van der Waals surface area contributed by atoms with Crippen molar-refractivity contribution in [3.05, 3.63) is 49.1 Å². The molecule has 2 aliphatic rings. The molecule has 0 aliphatic heterocycles. The molecule has 0 atom stereocenters. The van der Waals surface area contributed by atoms with E-state index in [0.29, 0.717) is 0 Å². The van der Waals surface area contributed by atoms with Gasteiger partial charge in [0.05, 0.1) is 0 Å². The Kier molecular flexibility index (Phi) is 5.99. The average molecular weight is 351 g/mol. The van der Waals surface area contributed by atoms with Crippen LogP contribution in [0.1, 0.15) is 64.2 Å². The maximum atomic E-state index is 2.38. The minimum Gasteiger partial charge on any atom is -0.205 e. The molecular formula is C24H34N2+2. The highest BCUT2D eigenvalue weighted by atomic mass is 14.9. The van der Waals surface area contributed by atoms with Gasteiger partial charge in [-0.05, 0) is 36.8 Å². The number of hydrogen-bond donors (Lipinski definition) is 0. The monoisotopic (exact) mass is 350 g/mol. The molecule has 0 unspecified atom stereocenters. The molecule has 2 heteroatoms. The second-order valence-corrected chi connectivity index (χ2v) is 8.58. The Balaban J connectivity index is 1.35. The molecule has 0 saturated heterocycles. The first kappa shape index (κ1) is 17.7. The first-order chi connectivity index (χ1) is 12.9. The molecule has 2 heterocycles. The number of pyridine rings is 2. The summed E-state index contributed by atoms with van der Waals surface area (Å²) >= 11 is 0. The van der Waals surface area contributed by atoms with Crippen LogP contribution in [0.15, 0.2) is 49.1 Å². The van der Waals surface area contributed by atoms with Crippen molar-refractivity contribution in [2.75, 3.05) is 0 Å². The van der Waals surface area contributed by atoms with Crippen LogP contribution in [0.5, 0.6) is 0 Å². The fourth-order valence-corrected chi connectivity index (χ4v) is 4.88. The van der Waals surface area contributed by atoms with E-state index in [1.54, 1.807) is 0 Å². The van der Waals surface area contributed by atoms with Crippen molar-refractivity contribution in [1.29, 1.82) is 0 Å². The third-order valence-corrected chi connectivity index (χ3v) is 6.50. The predicted molar refractivity (Wildman–Crippen MR) is 105 cm³/mol. The Labute approximate surface area is 158 Å². The van der Waals surface area contributed by atoms with Crippen LogP contribution in [0.2, 0.25) is 0 Å². The van der Waals surface area contributed by atoms with Crippen molar-refractivity contribution in [3.8, 4) is 11.1 Å². The molecule has 0 spiro atoms. The zero-order valence-corrected chi connectivity index (χ0v) is 16.2. The highest BCUT2D eigenvalue weighted by Gasteiger charge is 2.19. The van der Waals surface area contributed by atoms with Crippen molar-refractivity contribution in [2.24, 2.45) is 11.8 Å². The number of aromatic nitrogens is 2. The maximum absolute atomic E-state index is 2.38. The van der Waals surface area contributed by atoms with E-state index in [-0.39, 0.29) is 0 Å². The average Bonchev–Trinajstić information content (AvgIpc) is 2.71. The van der Waals surface area contributed by atoms with Gasteiger partial charge in [-0.2, -0.15) is 0 Å². The van der Waals surface area contributed by atoms with Gasteiger partial charge in [0.15, 0.2) is 37.9 Å². The minimum atomic E-state index is 0.884. The van der Waals surface area contributed by atoms with E-state index in [0.717, 1.165) is 11.8 Å². The smallest absolute Gasteiger partial charge is 0.169 e. The number of nitrogens with zero attached hydrogens (tertiary/aromatic N) is 2. The van der Waals surface area contributed by atoms with E-state index in [1.165, 1.54) is 88.4 Å². The summed E-state index contributed by atoms with van der Waals surface area (Å²) in [6.07, 6.45) is 23.3. The molecule has 2 aromatic rings. The molecule has 2 aliphatic carbocycles. The van der Waals surface area contributed by atoms with Gasteiger partial charge in [-0.1, -0.05) is 38.5 Å². The van der Waals surface area contributed by atoms with Gasteiger partial charge in [0.2, 0.25) is 0 Å². The molecule has 0 bridgehead atoms. The SMILES string of the molecule is c1c[n+](CC2CCCCC2)ccc1-c1cc[n+](CC2CCCCC2)cc1. The number of rotatable bonds is 5. The fourth-order valence-electron chi connectivity index (χ4n) is 4.88. The lowest BCUT2D eigenvalue weighted by Gasteiger charge is -2.18. The Bertz CT molecular complexity index is 601. The predicted octanol–water partition coefficient (Wildman–Crippen LogP) is 5.09. The Morgan fingerprint density at radius 3 is 1.23 bits per heavy atom. The zero-order chi connectivity index (χ0) is 17.6. The van der Waals surface area contributed by atoms with Crippen molar-refractivity contribution < 1.29 is 9.13 Å². The molecule has 0 radical (unpaired) electrons. The largest absolute Gasteiger partial charge is 0.205 e. The minimum absolute atomic E-state index is 0.884. The Hall–Kier alpha value is -1.70. The third kappa shape index (κ3) is 4.72. The van der Waals surface area contributed by atoms with Crippen molar-refractivity contribution in [3.63, 3.8) is 0 Å². The molecule has 0 N–H and O–H groups in total. The standard InChI is InChI=1S/C24H34N2/c1-3-7-21(8-4-1)19-25-15-11-23(12-16-25)24-13-17-26(18-14-24)20-22-9-5-2-6-10-22/h11-18,21-22H,1-10,19-20H2/q+2. The maximum Gasteiger partial charge on any atom is 0.169 e. The first-order valence-electron chi connectivity index (χ1n) is 10.9. The normalized spacial score (nSPS) is 19.5. The number of hydrogen-bond acceptors (Lipinski definition) is 0. The first-order valence-corrected chi connectivity index (χ1v) is 10.9. The van der Waals surface area contributed by atoms with E-state index >= 15 is 0 Å². The summed E-state index contributed by atoms with van der Waals surface area (Å²) < 4.78 is 4.76. The summed E-state index contributed by atoms with van der Waals surface area (Å²) in [5, 5.41) is 0. The third-order valence-electron chi connectivity index (χ3n) is 6.50. The van der Waals surface area contributed by atoms with E-state index in [9.17, 15) is 0 Å². The molecule has 2 aromatic heterocycles. The highest BCUT2D eigenvalue weighted by Crippen LogP contribution is 2.25. The van der Waals surface area contributed by atoms with Crippen molar-refractivity contribution in [1.82, 2.24) is 0 Å². The Morgan fingerprint density at radius 1 is 0.538 bits per heavy atom. The summed E-state index contributed by atoms with van der Waals surface area (Å²) in [5.41, 5.74) is 2.66. The van der Waals surface area contributed by atoms with E-state index in [2.05, 4.69) is 58.2 Å². The van der Waals surface area contributed by atoms with Gasteiger partial charge in [-0.3, -0.25) is 0 Å². The second kappa shape index (κ2) is 8.79. The van der Waals surface area contributed by atoms with Crippen LogP contribution in [0.3, 0.4) is 0 Å². The quantitative estimate of drug-likeness (QED) is 0.664. The molecule has 4 rings (SSSR count). The van der Waals surface area contributed by atoms with Gasteiger partial charge in [-0.15, -0.1) is 0 Å². The topological polar surface area (TPSA) is 7.76 Å². The summed E-state index contributed by atoms with van der Waals surface area (Å²) in [6, 6.07) is 9.13. The van der Waals surface area contributed by atoms with Gasteiger partial charge in [-0.25, -0.2) is 9.13 Å². The molecule has 2 nitrogen and oxygen atoms in total. The molecule has 138 valence electrons. The fraction of sp³-hybridized carbons (Fsp3) is 0.583. The van der Waals surface area contributed by atoms with E-state index < -0.39 is 0 Å². The summed E-state index contributed by atoms with van der Waals surface area (Å²) in [4.78, 5) is 0. The molecule has 0 aromatic carbocycles. The lowest BCUT2D eigenvalue weighted by molar-refractivity contribution is -0.704. The van der Waals surface area contributed by atoms with Crippen LogP contribution in [0.25, 0.3) is 11.1 Å². The van der Waals surface area contributed by atoms with Gasteiger partial charge in [0, 0.05) is 36.1 Å². The lowest BCUT2D eigenvalue weighted by atomic mass is 9.89. The lowest BCUT2D eigenvalue weighted by Crippen LogP contribution is -2.37. The van der Waals surface area contributed by atoms with Crippen LogP contribution < -0.4 is 9.13 Å². The molecule has 2 fully saturated rings. The van der Waals surface area contributed by atoms with E-state index in [4.69, 9.17) is 0 Å². The van der Waals surface area contributed by atoms with Crippen LogP contribution >= 0.6 is 0 Å². The van der Waals surface area contributed by atoms with Gasteiger partial charge in [0.25, 0.3) is 0 Å². The van der Waals surface area contributed by atoms with Crippen molar-refractivity contribution in [2.45, 2.75) is 77.3 Å². The molecule has 2 saturated carbocycles. The highest BCUT2D eigenvalue weighted by molar-refractivity contribution is 5.60. The molecule has 0 amide bonds. The Morgan fingerprint density at radius 2 is 0.885 bits per heavy atom. The van der Waals surface area contributed by atoms with Crippen LogP contribution in [0, 0.1) is 11.8 Å². The van der Waals surface area contributed by atoms with Gasteiger partial charge in [0.1, 0.15) is 0 Å². The van der Waals surface area contributed by atoms with Crippen molar-refractivity contribution >= 4 is 0 Å². The van der Waals surface area contributed by atoms with Crippen LogP contribution in [-0.2, 0) is 13.1 Å². The summed E-state index contributed by atoms with van der Waals surface area (Å²) in [7, 11) is 0. The molecule has 26 heavy (non-hydrogen) atoms. The van der Waals surface area contributed by atoms with Gasteiger partial charge < -0.3 is 0 Å². The zero-order valence-electron chi connectivity index (χ0n) is 16.2. The van der Waals surface area contributed by atoms with Crippen LogP contribution in [0.4, 0.5) is 0 Å². The molecular weight excluding hydrogens is 316 g/mol. The van der Waals surface area contributed by atoms with E-state index in [1.807, 2.05) is 0 Å². The summed E-state index contributed by atoms with van der Waals surface area (Å²) in [5.74, 6) is 1.77. The van der Waals surface area contributed by atoms with Crippen LogP contribution in [-0.4, -0.2) is 0 Å². The van der Waals surface area contributed by atoms with Gasteiger partial charge >= 0.3 is 0 Å². The summed E-state index contributed by atoms with van der Waals surface area (Å²) in [6.45, 7) is 2.38. The second-order valence-electron chi connectivity index (χ2n) is 8.58.